The molecule has 6 rings (SSSR count). The predicted octanol–water partition coefficient (Wildman–Crippen LogP) is 4.11. The second kappa shape index (κ2) is 9.80. The first-order valence-corrected chi connectivity index (χ1v) is 13.8. The molecule has 1 unspecified atom stereocenters. The van der Waals surface area contributed by atoms with Gasteiger partial charge in [0.1, 0.15) is 11.5 Å². The highest BCUT2D eigenvalue weighted by Crippen LogP contribution is 2.43. The summed E-state index contributed by atoms with van der Waals surface area (Å²) in [7, 11) is 0. The highest BCUT2D eigenvalue weighted by Gasteiger charge is 2.51. The molecule has 2 aliphatic heterocycles. The summed E-state index contributed by atoms with van der Waals surface area (Å²) >= 11 is 12.6. The number of nitrogens with one attached hydrogen (secondary N) is 3. The van der Waals surface area contributed by atoms with Crippen LogP contribution < -0.4 is 16.2 Å². The third-order valence-electron chi connectivity index (χ3n) is 8.21. The second-order valence-corrected chi connectivity index (χ2v) is 11.5. The minimum atomic E-state index is -0.659. The molecule has 2 amide bonds. The molecule has 1 atom stereocenters. The summed E-state index contributed by atoms with van der Waals surface area (Å²) in [5, 5.41) is 7.85. The molecule has 2 aromatic carbocycles. The summed E-state index contributed by atoms with van der Waals surface area (Å²) < 4.78 is 15.0. The minimum absolute atomic E-state index is 0.0792. The van der Waals surface area contributed by atoms with Gasteiger partial charge in [0.25, 0.3) is 11.5 Å². The average molecular weight is 572 g/mol. The van der Waals surface area contributed by atoms with Gasteiger partial charge in [-0.1, -0.05) is 23.2 Å². The van der Waals surface area contributed by atoms with E-state index < -0.39 is 11.4 Å². The number of carbonyl (C=O) groups excluding carboxylic acids is 2. The van der Waals surface area contributed by atoms with Crippen molar-refractivity contribution < 1.29 is 14.0 Å². The predicted molar refractivity (Wildman–Crippen MR) is 149 cm³/mol. The lowest BCUT2D eigenvalue weighted by Crippen LogP contribution is -2.55. The first kappa shape index (κ1) is 26.1. The Kier molecular flexibility index (Phi) is 6.56. The van der Waals surface area contributed by atoms with E-state index in [2.05, 4.69) is 15.6 Å². The monoisotopic (exact) mass is 571 g/mol. The Morgan fingerprint density at radius 1 is 1.15 bits per heavy atom. The zero-order valence-corrected chi connectivity index (χ0v) is 22.9. The Morgan fingerprint density at radius 3 is 2.72 bits per heavy atom. The van der Waals surface area contributed by atoms with E-state index in [1.807, 2.05) is 17.9 Å². The summed E-state index contributed by atoms with van der Waals surface area (Å²) in [6.07, 6.45) is 2.47. The van der Waals surface area contributed by atoms with E-state index >= 15 is 0 Å². The van der Waals surface area contributed by atoms with Gasteiger partial charge in [-0.2, -0.15) is 0 Å². The molecule has 0 bridgehead atoms. The number of rotatable bonds is 4. The second-order valence-electron chi connectivity index (χ2n) is 10.6. The van der Waals surface area contributed by atoms with Crippen molar-refractivity contribution in [2.45, 2.75) is 37.8 Å². The fourth-order valence-electron chi connectivity index (χ4n) is 5.95. The standard InChI is InChI=1S/C28H28Cl2FN5O3/c1-15-25-16(8-18(29)11-20(25)30)2-6-35(15)24(37)13-33-22-9-17-10-23(34-26(38)19(17)12-21(22)31)27(39)36-7-5-32-14-28(36)3-4-28/h8-12,15,32-33H,2-7,13-14H2,1H3,(H,34,38). The molecule has 39 heavy (non-hydrogen) atoms. The normalized spacial score (nSPS) is 19.7. The number of amides is 2. The van der Waals surface area contributed by atoms with Crippen molar-refractivity contribution in [2.75, 3.05) is 38.0 Å². The lowest BCUT2D eigenvalue weighted by molar-refractivity contribution is -0.131. The Labute approximate surface area is 234 Å². The number of piperazine rings is 1. The van der Waals surface area contributed by atoms with Gasteiger partial charge in [-0.25, -0.2) is 4.39 Å². The molecule has 2 fully saturated rings. The first-order chi connectivity index (χ1) is 18.7. The number of benzene rings is 2. The van der Waals surface area contributed by atoms with Crippen molar-refractivity contribution in [3.8, 4) is 0 Å². The number of fused-ring (bicyclic) bond motifs is 2. The van der Waals surface area contributed by atoms with Crippen molar-refractivity contribution in [1.29, 1.82) is 0 Å². The maximum Gasteiger partial charge on any atom is 0.270 e. The summed E-state index contributed by atoms with van der Waals surface area (Å²) in [6.45, 7) is 4.24. The molecule has 1 aromatic heterocycles. The molecule has 1 saturated heterocycles. The number of hydrogen-bond acceptors (Lipinski definition) is 5. The fourth-order valence-corrected chi connectivity index (χ4v) is 6.65. The van der Waals surface area contributed by atoms with Crippen LogP contribution in [-0.4, -0.2) is 64.9 Å². The number of H-pyrrole nitrogens is 1. The molecule has 3 N–H and O–H groups in total. The number of pyridine rings is 1. The molecule has 11 heteroatoms. The van der Waals surface area contributed by atoms with Crippen LogP contribution in [0.15, 0.2) is 35.1 Å². The van der Waals surface area contributed by atoms with Gasteiger partial charge < -0.3 is 25.4 Å². The van der Waals surface area contributed by atoms with E-state index in [0.717, 1.165) is 36.6 Å². The number of aromatic amines is 1. The van der Waals surface area contributed by atoms with Crippen LogP contribution in [-0.2, 0) is 11.2 Å². The van der Waals surface area contributed by atoms with Gasteiger partial charge in [0.15, 0.2) is 0 Å². The van der Waals surface area contributed by atoms with E-state index in [0.29, 0.717) is 41.5 Å². The van der Waals surface area contributed by atoms with Crippen molar-refractivity contribution in [3.05, 3.63) is 73.4 Å². The van der Waals surface area contributed by atoms with Crippen LogP contribution in [0.1, 0.15) is 47.4 Å². The largest absolute Gasteiger partial charge is 0.374 e. The zero-order valence-electron chi connectivity index (χ0n) is 21.4. The van der Waals surface area contributed by atoms with Crippen LogP contribution in [0, 0.1) is 5.82 Å². The van der Waals surface area contributed by atoms with Gasteiger partial charge in [-0.15, -0.1) is 0 Å². The molecule has 3 aromatic rings. The molecular weight excluding hydrogens is 544 g/mol. The number of carbonyl (C=O) groups is 2. The molecule has 1 spiro atoms. The average Bonchev–Trinajstić information content (AvgIpc) is 3.66. The molecule has 1 saturated carbocycles. The smallest absolute Gasteiger partial charge is 0.270 e. The van der Waals surface area contributed by atoms with E-state index in [-0.39, 0.29) is 46.7 Å². The van der Waals surface area contributed by atoms with Gasteiger partial charge in [0.05, 0.1) is 29.2 Å². The van der Waals surface area contributed by atoms with E-state index in [1.165, 1.54) is 6.07 Å². The van der Waals surface area contributed by atoms with Crippen molar-refractivity contribution in [2.24, 2.45) is 0 Å². The van der Waals surface area contributed by atoms with Gasteiger partial charge in [-0.05, 0) is 73.0 Å². The van der Waals surface area contributed by atoms with Gasteiger partial charge in [0, 0.05) is 36.2 Å². The van der Waals surface area contributed by atoms with E-state index in [1.54, 1.807) is 17.0 Å². The van der Waals surface area contributed by atoms with Crippen LogP contribution in [0.2, 0.25) is 10.0 Å². The number of aromatic nitrogens is 1. The summed E-state index contributed by atoms with van der Waals surface area (Å²) in [5.74, 6) is -1.11. The Bertz CT molecular complexity index is 1570. The number of halogens is 3. The Hall–Kier alpha value is -3.14. The van der Waals surface area contributed by atoms with Crippen LogP contribution >= 0.6 is 23.2 Å². The highest BCUT2D eigenvalue weighted by atomic mass is 35.5. The third-order valence-corrected chi connectivity index (χ3v) is 8.74. The molecule has 8 nitrogen and oxygen atoms in total. The molecule has 1 aliphatic carbocycles. The Balaban J connectivity index is 1.22. The van der Waals surface area contributed by atoms with Crippen LogP contribution in [0.25, 0.3) is 10.8 Å². The summed E-state index contributed by atoms with van der Waals surface area (Å²) in [4.78, 5) is 45.4. The molecule has 3 aliphatic rings. The maximum absolute atomic E-state index is 15.0. The number of anilines is 1. The zero-order chi connectivity index (χ0) is 27.5. The lowest BCUT2D eigenvalue weighted by Gasteiger charge is -2.36. The highest BCUT2D eigenvalue weighted by molar-refractivity contribution is 6.35. The SMILES string of the molecule is CC1c2c(Cl)cc(Cl)cc2CCN1C(=O)CNc1cc2cc(C(=O)N3CCNCC34CC4)[nH]c(=O)c2cc1F. The van der Waals surface area contributed by atoms with Gasteiger partial charge in [0.2, 0.25) is 5.91 Å². The maximum atomic E-state index is 15.0. The summed E-state index contributed by atoms with van der Waals surface area (Å²) in [5.41, 5.74) is 1.42. The van der Waals surface area contributed by atoms with Gasteiger partial charge >= 0.3 is 0 Å². The molecule has 3 heterocycles. The Morgan fingerprint density at radius 2 is 1.95 bits per heavy atom. The van der Waals surface area contributed by atoms with E-state index in [9.17, 15) is 18.8 Å². The van der Waals surface area contributed by atoms with Gasteiger partial charge in [-0.3, -0.25) is 14.4 Å². The quantitative estimate of drug-likeness (QED) is 0.438. The molecule has 0 radical (unpaired) electrons. The number of hydrogen-bond donors (Lipinski definition) is 3. The van der Waals surface area contributed by atoms with Crippen molar-refractivity contribution in [3.63, 3.8) is 0 Å². The fraction of sp³-hybridized carbons (Fsp3) is 0.393. The third kappa shape index (κ3) is 4.66. The van der Waals surface area contributed by atoms with Crippen molar-refractivity contribution >= 4 is 51.5 Å². The summed E-state index contributed by atoms with van der Waals surface area (Å²) in [6, 6.07) is 7.47. The number of nitrogens with zero attached hydrogens (tertiary/aromatic N) is 2. The minimum Gasteiger partial charge on any atom is -0.374 e. The van der Waals surface area contributed by atoms with Crippen LogP contribution in [0.3, 0.4) is 0 Å². The lowest BCUT2D eigenvalue weighted by atomic mass is 9.93. The van der Waals surface area contributed by atoms with E-state index in [4.69, 9.17) is 23.2 Å². The van der Waals surface area contributed by atoms with Crippen LogP contribution in [0.5, 0.6) is 0 Å². The molecular formula is C28H28Cl2FN5O3. The van der Waals surface area contributed by atoms with Crippen LogP contribution in [0.4, 0.5) is 10.1 Å². The first-order valence-electron chi connectivity index (χ1n) is 13.1. The van der Waals surface area contributed by atoms with Crippen molar-refractivity contribution in [1.82, 2.24) is 20.1 Å². The topological polar surface area (TPSA) is 97.5 Å². The molecule has 204 valence electrons.